The Balaban J connectivity index is 3.63. The average Bonchev–Trinajstić information content (AvgIpc) is 2.48. The summed E-state index contributed by atoms with van der Waals surface area (Å²) in [6.07, 6.45) is 0. The predicted molar refractivity (Wildman–Crippen MR) is 81.5 cm³/mol. The summed E-state index contributed by atoms with van der Waals surface area (Å²) < 4.78 is 4.74. The minimum Gasteiger partial charge on any atom is -0.465 e. The fraction of sp³-hybridized carbons (Fsp3) is 0.500. The van der Waals surface area contributed by atoms with Crippen LogP contribution in [0.1, 0.15) is 43.6 Å². The number of carbonyl (C=O) groups excluding carboxylic acids is 1. The Kier molecular flexibility index (Phi) is 5.31. The zero-order valence-corrected chi connectivity index (χ0v) is 13.1. The Hall–Kier alpha value is -1.84. The molecule has 0 aromatic heterocycles. The fourth-order valence-electron chi connectivity index (χ4n) is 2.46. The highest BCUT2D eigenvalue weighted by molar-refractivity contribution is 5.91. The van der Waals surface area contributed by atoms with Crippen molar-refractivity contribution in [2.75, 3.05) is 12.0 Å². The number of esters is 1. The minimum absolute atomic E-state index is 0.110. The van der Waals surface area contributed by atoms with Gasteiger partial charge in [0.1, 0.15) is 5.56 Å². The maximum absolute atomic E-state index is 12.7. The number of hydrogen-bond donors (Lipinski definition) is 0. The molecule has 0 heterocycles. The van der Waals surface area contributed by atoms with Crippen LogP contribution in [0.25, 0.3) is 0 Å². The van der Waals surface area contributed by atoms with E-state index in [1.165, 1.54) is 7.11 Å². The molecule has 110 valence electrons. The van der Waals surface area contributed by atoms with E-state index in [1.54, 1.807) is 25.1 Å². The minimum atomic E-state index is -0.586. The van der Waals surface area contributed by atoms with E-state index in [0.717, 1.165) is 0 Å². The number of methoxy groups -OCH3 is 1. The first kappa shape index (κ1) is 16.2. The molecule has 0 unspecified atom stereocenters. The van der Waals surface area contributed by atoms with Crippen LogP contribution in [-0.4, -0.2) is 25.2 Å². The van der Waals surface area contributed by atoms with Crippen LogP contribution in [0.15, 0.2) is 23.0 Å². The Morgan fingerprint density at radius 3 is 2.15 bits per heavy atom. The van der Waals surface area contributed by atoms with Gasteiger partial charge in [0.15, 0.2) is 0 Å². The van der Waals surface area contributed by atoms with Crippen molar-refractivity contribution < 1.29 is 9.53 Å². The first-order valence-electron chi connectivity index (χ1n) is 6.81. The van der Waals surface area contributed by atoms with E-state index in [1.807, 2.05) is 32.6 Å². The molecule has 0 spiro atoms. The molecule has 0 aliphatic carbocycles. The lowest BCUT2D eigenvalue weighted by Crippen LogP contribution is -2.40. The molecule has 0 saturated carbocycles. The summed E-state index contributed by atoms with van der Waals surface area (Å²) in [5.74, 6) is -0.586. The molecule has 0 amide bonds. The predicted octanol–water partition coefficient (Wildman–Crippen LogP) is 2.77. The summed E-state index contributed by atoms with van der Waals surface area (Å²) >= 11 is 0. The number of anilines is 1. The standard InChI is InChI=1S/C16H23NO3/c1-10(2)17(11(3)4)13-9-7-8-12(5)14(15(13)18)16(19)20-6/h7-11H,1-6H3. The molecule has 1 rings (SSSR count). The molecule has 1 aromatic carbocycles. The van der Waals surface area contributed by atoms with Crippen molar-refractivity contribution in [3.8, 4) is 0 Å². The molecular weight excluding hydrogens is 254 g/mol. The molecule has 0 N–H and O–H groups in total. The fourth-order valence-corrected chi connectivity index (χ4v) is 2.46. The van der Waals surface area contributed by atoms with Crippen molar-refractivity contribution in [1.82, 2.24) is 0 Å². The van der Waals surface area contributed by atoms with E-state index in [4.69, 9.17) is 4.74 Å². The van der Waals surface area contributed by atoms with Gasteiger partial charge in [-0.25, -0.2) is 4.79 Å². The number of rotatable bonds is 4. The molecule has 0 aliphatic rings. The highest BCUT2D eigenvalue weighted by atomic mass is 16.5. The van der Waals surface area contributed by atoms with Crippen LogP contribution in [0.3, 0.4) is 0 Å². The third-order valence-corrected chi connectivity index (χ3v) is 3.23. The Morgan fingerprint density at radius 2 is 1.70 bits per heavy atom. The highest BCUT2D eigenvalue weighted by Crippen LogP contribution is 2.17. The second-order valence-corrected chi connectivity index (χ2v) is 5.38. The summed E-state index contributed by atoms with van der Waals surface area (Å²) in [6, 6.07) is 5.65. The molecule has 1 aromatic rings. The van der Waals surface area contributed by atoms with Crippen LogP contribution in [0.2, 0.25) is 0 Å². The van der Waals surface area contributed by atoms with E-state index in [0.29, 0.717) is 11.3 Å². The third kappa shape index (κ3) is 3.18. The maximum atomic E-state index is 12.7. The Bertz CT molecular complexity index is 542. The normalized spacial score (nSPS) is 10.8. The maximum Gasteiger partial charge on any atom is 0.342 e. The van der Waals surface area contributed by atoms with Gasteiger partial charge in [-0.15, -0.1) is 0 Å². The summed E-state index contributed by atoms with van der Waals surface area (Å²) in [4.78, 5) is 26.6. The average molecular weight is 277 g/mol. The van der Waals surface area contributed by atoms with Crippen molar-refractivity contribution in [3.05, 3.63) is 39.5 Å². The highest BCUT2D eigenvalue weighted by Gasteiger charge is 2.21. The smallest absolute Gasteiger partial charge is 0.342 e. The molecule has 4 nitrogen and oxygen atoms in total. The molecule has 0 atom stereocenters. The lowest BCUT2D eigenvalue weighted by Gasteiger charge is -2.32. The van der Waals surface area contributed by atoms with Crippen LogP contribution in [0.5, 0.6) is 0 Å². The molecule has 0 aliphatic heterocycles. The van der Waals surface area contributed by atoms with Gasteiger partial charge in [0.2, 0.25) is 5.43 Å². The van der Waals surface area contributed by atoms with Gasteiger partial charge in [0, 0.05) is 12.1 Å². The first-order valence-corrected chi connectivity index (χ1v) is 6.81. The van der Waals surface area contributed by atoms with Gasteiger partial charge in [0.25, 0.3) is 0 Å². The summed E-state index contributed by atoms with van der Waals surface area (Å²) in [5.41, 5.74) is 0.990. The molecule has 0 radical (unpaired) electrons. The number of ether oxygens (including phenoxy) is 1. The van der Waals surface area contributed by atoms with Gasteiger partial charge < -0.3 is 9.64 Å². The lowest BCUT2D eigenvalue weighted by atomic mass is 10.1. The summed E-state index contributed by atoms with van der Waals surface area (Å²) in [6.45, 7) is 9.84. The van der Waals surface area contributed by atoms with E-state index >= 15 is 0 Å². The van der Waals surface area contributed by atoms with Gasteiger partial charge in [0.05, 0.1) is 12.8 Å². The number of hydrogen-bond acceptors (Lipinski definition) is 4. The molecule has 0 saturated heterocycles. The van der Waals surface area contributed by atoms with Crippen LogP contribution in [-0.2, 0) is 4.74 Å². The van der Waals surface area contributed by atoms with Gasteiger partial charge in [-0.05, 0) is 46.2 Å². The van der Waals surface area contributed by atoms with E-state index < -0.39 is 5.97 Å². The second-order valence-electron chi connectivity index (χ2n) is 5.38. The van der Waals surface area contributed by atoms with E-state index in [9.17, 15) is 9.59 Å². The summed E-state index contributed by atoms with van der Waals surface area (Å²) in [7, 11) is 1.29. The SMILES string of the molecule is COC(=O)c1c(C)cccc(N(C(C)C)C(C)C)c1=O. The largest absolute Gasteiger partial charge is 0.465 e. The van der Waals surface area contributed by atoms with Gasteiger partial charge in [-0.1, -0.05) is 12.1 Å². The number of nitrogens with zero attached hydrogens (tertiary/aromatic N) is 1. The van der Waals surface area contributed by atoms with Crippen LogP contribution in [0.4, 0.5) is 5.69 Å². The summed E-state index contributed by atoms with van der Waals surface area (Å²) in [5, 5.41) is 0. The molecule has 20 heavy (non-hydrogen) atoms. The Morgan fingerprint density at radius 1 is 1.15 bits per heavy atom. The molecule has 0 bridgehead atoms. The van der Waals surface area contributed by atoms with Gasteiger partial charge in [-0.2, -0.15) is 0 Å². The van der Waals surface area contributed by atoms with Crippen LogP contribution < -0.4 is 10.3 Å². The van der Waals surface area contributed by atoms with Crippen LogP contribution >= 0.6 is 0 Å². The number of carbonyl (C=O) groups is 1. The Labute approximate surface area is 120 Å². The van der Waals surface area contributed by atoms with Crippen molar-refractivity contribution >= 4 is 11.7 Å². The first-order chi connectivity index (χ1) is 9.31. The molecule has 4 heteroatoms. The van der Waals surface area contributed by atoms with E-state index in [2.05, 4.69) is 0 Å². The quantitative estimate of drug-likeness (QED) is 0.794. The molecule has 0 fully saturated rings. The number of aryl methyl sites for hydroxylation is 1. The molecular formula is C16H23NO3. The zero-order chi connectivity index (χ0) is 15.4. The lowest BCUT2D eigenvalue weighted by molar-refractivity contribution is 0.0598. The van der Waals surface area contributed by atoms with Crippen molar-refractivity contribution in [2.24, 2.45) is 0 Å². The second kappa shape index (κ2) is 6.55. The zero-order valence-electron chi connectivity index (χ0n) is 13.1. The van der Waals surface area contributed by atoms with E-state index in [-0.39, 0.29) is 23.1 Å². The van der Waals surface area contributed by atoms with Crippen molar-refractivity contribution in [2.45, 2.75) is 46.7 Å². The third-order valence-electron chi connectivity index (χ3n) is 3.23. The van der Waals surface area contributed by atoms with Crippen molar-refractivity contribution in [3.63, 3.8) is 0 Å². The monoisotopic (exact) mass is 277 g/mol. The van der Waals surface area contributed by atoms with Crippen LogP contribution in [0, 0.1) is 6.92 Å². The van der Waals surface area contributed by atoms with Crippen molar-refractivity contribution in [1.29, 1.82) is 0 Å². The van der Waals surface area contributed by atoms with Gasteiger partial charge >= 0.3 is 5.97 Å². The topological polar surface area (TPSA) is 46.6 Å². The van der Waals surface area contributed by atoms with Gasteiger partial charge in [-0.3, -0.25) is 4.79 Å².